The van der Waals surface area contributed by atoms with Crippen LogP contribution < -0.4 is 10.6 Å². The number of likely N-dealkylation sites (N-methyl/N-ethyl adjacent to an activating group) is 1. The molecule has 30 heavy (non-hydrogen) atoms. The van der Waals surface area contributed by atoms with Gasteiger partial charge in [0.1, 0.15) is 6.04 Å². The number of fused-ring (bicyclic) bond motifs is 3. The van der Waals surface area contributed by atoms with Crippen LogP contribution in [0.25, 0.3) is 0 Å². The smallest absolute Gasteiger partial charge is 0.255 e. The van der Waals surface area contributed by atoms with Gasteiger partial charge in [0.25, 0.3) is 5.91 Å². The first kappa shape index (κ1) is 19.7. The Hall–Kier alpha value is -2.25. The lowest BCUT2D eigenvalue weighted by atomic mass is 9.72. The van der Waals surface area contributed by atoms with Crippen molar-refractivity contribution in [2.75, 3.05) is 20.1 Å². The summed E-state index contributed by atoms with van der Waals surface area (Å²) in [6.45, 7) is 3.42. The average Bonchev–Trinajstić information content (AvgIpc) is 3.04. The SMILES string of the molecule is CN(Cc1ccc2c(c1)C(=O)N(C1CCC(=O)NC1=O)C2)C12CCCC(CNC1)C2. The molecule has 3 heterocycles. The van der Waals surface area contributed by atoms with Crippen LogP contribution in [-0.4, -0.2) is 59.2 Å². The molecule has 7 nitrogen and oxygen atoms in total. The number of imide groups is 1. The summed E-state index contributed by atoms with van der Waals surface area (Å²) < 4.78 is 0. The van der Waals surface area contributed by atoms with Gasteiger partial charge < -0.3 is 10.2 Å². The zero-order valence-electron chi connectivity index (χ0n) is 17.6. The number of piperidine rings is 2. The van der Waals surface area contributed by atoms with E-state index in [9.17, 15) is 14.4 Å². The van der Waals surface area contributed by atoms with E-state index < -0.39 is 6.04 Å². The summed E-state index contributed by atoms with van der Waals surface area (Å²) in [5.74, 6) is 0.0632. The van der Waals surface area contributed by atoms with Crippen LogP contribution >= 0.6 is 0 Å². The second-order valence-corrected chi connectivity index (χ2v) is 9.57. The number of carbonyl (C=O) groups excluding carboxylic acids is 3. The van der Waals surface area contributed by atoms with Crippen LogP contribution in [0.5, 0.6) is 0 Å². The minimum absolute atomic E-state index is 0.0979. The van der Waals surface area contributed by atoms with E-state index in [0.29, 0.717) is 18.5 Å². The number of hydrogen-bond donors (Lipinski definition) is 2. The van der Waals surface area contributed by atoms with Crippen molar-refractivity contribution in [2.45, 2.75) is 63.2 Å². The topological polar surface area (TPSA) is 81.8 Å². The number of nitrogens with one attached hydrogen (secondary N) is 2. The summed E-state index contributed by atoms with van der Waals surface area (Å²) in [5.41, 5.74) is 3.01. The van der Waals surface area contributed by atoms with Gasteiger partial charge >= 0.3 is 0 Å². The molecule has 160 valence electrons. The molecule has 0 aromatic heterocycles. The van der Waals surface area contributed by atoms with E-state index in [0.717, 1.165) is 36.7 Å². The van der Waals surface area contributed by atoms with Gasteiger partial charge in [-0.1, -0.05) is 18.6 Å². The Morgan fingerprint density at radius 2 is 2.10 bits per heavy atom. The largest absolute Gasteiger partial charge is 0.322 e. The molecule has 0 radical (unpaired) electrons. The van der Waals surface area contributed by atoms with Crippen LogP contribution in [-0.2, 0) is 22.7 Å². The molecule has 1 saturated carbocycles. The molecule has 2 bridgehead atoms. The molecule has 1 aromatic rings. The van der Waals surface area contributed by atoms with Crippen LogP contribution in [0.15, 0.2) is 18.2 Å². The lowest BCUT2D eigenvalue weighted by Crippen LogP contribution is -2.60. The third kappa shape index (κ3) is 3.34. The van der Waals surface area contributed by atoms with Gasteiger partial charge in [-0.25, -0.2) is 0 Å². The number of rotatable bonds is 4. The fourth-order valence-electron chi connectivity index (χ4n) is 5.93. The summed E-state index contributed by atoms with van der Waals surface area (Å²) in [4.78, 5) is 40.8. The van der Waals surface area contributed by atoms with E-state index in [1.54, 1.807) is 4.90 Å². The fraction of sp³-hybridized carbons (Fsp3) is 0.609. The molecule has 1 aliphatic carbocycles. The minimum Gasteiger partial charge on any atom is -0.322 e. The summed E-state index contributed by atoms with van der Waals surface area (Å²) >= 11 is 0. The molecule has 5 rings (SSSR count). The highest BCUT2D eigenvalue weighted by atomic mass is 16.2. The molecule has 3 unspecified atom stereocenters. The van der Waals surface area contributed by atoms with Crippen molar-refractivity contribution in [3.63, 3.8) is 0 Å². The third-order valence-corrected chi connectivity index (χ3v) is 7.63. The van der Waals surface area contributed by atoms with Crippen molar-refractivity contribution in [2.24, 2.45) is 5.92 Å². The molecule has 2 N–H and O–H groups in total. The molecule has 0 spiro atoms. The van der Waals surface area contributed by atoms with Gasteiger partial charge in [-0.2, -0.15) is 0 Å². The molecule has 3 atom stereocenters. The maximum atomic E-state index is 13.1. The van der Waals surface area contributed by atoms with Gasteiger partial charge in [-0.15, -0.1) is 0 Å². The first-order valence-corrected chi connectivity index (χ1v) is 11.1. The highest BCUT2D eigenvalue weighted by Gasteiger charge is 2.42. The van der Waals surface area contributed by atoms with E-state index in [2.05, 4.69) is 28.6 Å². The average molecular weight is 411 g/mol. The predicted octanol–water partition coefficient (Wildman–Crippen LogP) is 1.41. The first-order valence-electron chi connectivity index (χ1n) is 11.1. The minimum atomic E-state index is -0.555. The summed E-state index contributed by atoms with van der Waals surface area (Å²) in [5, 5.41) is 5.99. The second-order valence-electron chi connectivity index (χ2n) is 9.57. The highest BCUT2D eigenvalue weighted by molar-refractivity contribution is 6.05. The Morgan fingerprint density at radius 1 is 1.23 bits per heavy atom. The normalized spacial score (nSPS) is 31.1. The number of hydrogen-bond acceptors (Lipinski definition) is 5. The van der Waals surface area contributed by atoms with Gasteiger partial charge in [0, 0.05) is 37.2 Å². The van der Waals surface area contributed by atoms with Crippen molar-refractivity contribution >= 4 is 17.7 Å². The summed E-state index contributed by atoms with van der Waals surface area (Å²) in [7, 11) is 2.21. The van der Waals surface area contributed by atoms with E-state index >= 15 is 0 Å². The monoisotopic (exact) mass is 410 g/mol. The van der Waals surface area contributed by atoms with Crippen molar-refractivity contribution in [1.82, 2.24) is 20.4 Å². The predicted molar refractivity (Wildman–Crippen MR) is 112 cm³/mol. The van der Waals surface area contributed by atoms with E-state index in [4.69, 9.17) is 0 Å². The van der Waals surface area contributed by atoms with Gasteiger partial charge in [-0.05, 0) is 62.4 Å². The highest BCUT2D eigenvalue weighted by Crippen LogP contribution is 2.39. The number of carbonyl (C=O) groups is 3. The lowest BCUT2D eigenvalue weighted by molar-refractivity contribution is -0.136. The second kappa shape index (κ2) is 7.46. The molecule has 7 heteroatoms. The lowest BCUT2D eigenvalue weighted by Gasteiger charge is -2.51. The number of benzene rings is 1. The molecule has 1 aromatic carbocycles. The van der Waals surface area contributed by atoms with Crippen molar-refractivity contribution in [1.29, 1.82) is 0 Å². The Balaban J connectivity index is 1.31. The zero-order chi connectivity index (χ0) is 20.9. The van der Waals surface area contributed by atoms with Crippen molar-refractivity contribution < 1.29 is 14.4 Å². The molecule has 3 amide bonds. The summed E-state index contributed by atoms with van der Waals surface area (Å²) in [6.07, 6.45) is 5.77. The maximum absolute atomic E-state index is 13.1. The number of nitrogens with zero attached hydrogens (tertiary/aromatic N) is 2. The van der Waals surface area contributed by atoms with E-state index in [1.165, 1.54) is 25.7 Å². The van der Waals surface area contributed by atoms with E-state index in [-0.39, 0.29) is 29.7 Å². The van der Waals surface area contributed by atoms with Crippen LogP contribution in [0.3, 0.4) is 0 Å². The van der Waals surface area contributed by atoms with Crippen LogP contribution in [0.2, 0.25) is 0 Å². The first-order chi connectivity index (χ1) is 14.4. The molecule has 3 aliphatic heterocycles. The van der Waals surface area contributed by atoms with Crippen molar-refractivity contribution in [3.05, 3.63) is 34.9 Å². The summed E-state index contributed by atoms with van der Waals surface area (Å²) in [6, 6.07) is 5.60. The Morgan fingerprint density at radius 3 is 2.93 bits per heavy atom. The molecule has 2 saturated heterocycles. The zero-order valence-corrected chi connectivity index (χ0v) is 17.6. The van der Waals surface area contributed by atoms with Gasteiger partial charge in [0.05, 0.1) is 0 Å². The maximum Gasteiger partial charge on any atom is 0.255 e. The van der Waals surface area contributed by atoms with Crippen LogP contribution in [0.1, 0.15) is 60.0 Å². The fourth-order valence-corrected chi connectivity index (χ4v) is 5.93. The standard InChI is InChI=1S/C23H30N4O3/c1-26(23-8-2-3-16(10-23)11-24-14-23)12-15-4-5-17-13-27(22(30)18(17)9-15)19-6-7-20(28)25-21(19)29/h4-5,9,16,19,24H,2-3,6-8,10-14H2,1H3,(H,25,28,29). The molecule has 3 fully saturated rings. The molecular weight excluding hydrogens is 380 g/mol. The van der Waals surface area contributed by atoms with Crippen molar-refractivity contribution in [3.8, 4) is 0 Å². The Bertz CT molecular complexity index is 888. The Kier molecular flexibility index (Phi) is 4.90. The van der Waals surface area contributed by atoms with Gasteiger partial charge in [-0.3, -0.25) is 24.6 Å². The van der Waals surface area contributed by atoms with Gasteiger partial charge in [0.15, 0.2) is 0 Å². The third-order valence-electron chi connectivity index (χ3n) is 7.63. The van der Waals surface area contributed by atoms with Crippen LogP contribution in [0, 0.1) is 5.92 Å². The molecule has 4 aliphatic rings. The number of amides is 3. The quantitative estimate of drug-likeness (QED) is 0.734. The van der Waals surface area contributed by atoms with Gasteiger partial charge in [0.2, 0.25) is 11.8 Å². The molecular formula is C23H30N4O3. The van der Waals surface area contributed by atoms with Crippen LogP contribution in [0.4, 0.5) is 0 Å². The van der Waals surface area contributed by atoms with E-state index in [1.807, 2.05) is 12.1 Å². The Labute approximate surface area is 177 Å².